The van der Waals surface area contributed by atoms with Crippen LogP contribution in [0.5, 0.6) is 0 Å². The molecule has 148 valence electrons. The normalized spacial score (nSPS) is 10.5. The van der Waals surface area contributed by atoms with E-state index in [1.807, 2.05) is 0 Å². The minimum Gasteiger partial charge on any atom is -0.476 e. The smallest absolute Gasteiger partial charge is 0.357 e. The number of benzene rings is 2. The van der Waals surface area contributed by atoms with Crippen molar-refractivity contribution in [3.8, 4) is 11.8 Å². The van der Waals surface area contributed by atoms with Gasteiger partial charge < -0.3 is 9.84 Å². The summed E-state index contributed by atoms with van der Waals surface area (Å²) >= 11 is 0. The Labute approximate surface area is 170 Å². The van der Waals surface area contributed by atoms with Gasteiger partial charge in [-0.05, 0) is 29.8 Å². The highest BCUT2D eigenvalue weighted by Crippen LogP contribution is 2.16. The second-order valence-corrected chi connectivity index (χ2v) is 6.05. The fourth-order valence-corrected chi connectivity index (χ4v) is 2.74. The maximum atomic E-state index is 12.8. The fourth-order valence-electron chi connectivity index (χ4n) is 2.74. The zero-order chi connectivity index (χ0) is 21.7. The summed E-state index contributed by atoms with van der Waals surface area (Å²) in [5.74, 6) is -1.86. The highest BCUT2D eigenvalue weighted by molar-refractivity contribution is 5.93. The molecule has 8 heteroatoms. The third-order valence-electron chi connectivity index (χ3n) is 4.22. The third kappa shape index (κ3) is 4.00. The number of hydrogen-bond acceptors (Lipinski definition) is 6. The molecule has 0 aliphatic rings. The van der Waals surface area contributed by atoms with Crippen molar-refractivity contribution in [3.63, 3.8) is 0 Å². The van der Waals surface area contributed by atoms with E-state index in [0.29, 0.717) is 16.8 Å². The van der Waals surface area contributed by atoms with E-state index in [-0.39, 0.29) is 11.1 Å². The van der Waals surface area contributed by atoms with E-state index in [0.717, 1.165) is 4.68 Å². The molecule has 0 saturated carbocycles. The molecule has 2 aromatic carbocycles. The van der Waals surface area contributed by atoms with E-state index in [9.17, 15) is 24.8 Å². The van der Waals surface area contributed by atoms with Gasteiger partial charge in [-0.1, -0.05) is 42.5 Å². The summed E-state index contributed by atoms with van der Waals surface area (Å²) in [6.07, 6.45) is 2.87. The van der Waals surface area contributed by atoms with Crippen LogP contribution < -0.4 is 5.56 Å². The highest BCUT2D eigenvalue weighted by Gasteiger charge is 2.21. The topological polar surface area (TPSA) is 122 Å². The minimum absolute atomic E-state index is 0.0979. The lowest BCUT2D eigenvalue weighted by Crippen LogP contribution is -2.28. The maximum Gasteiger partial charge on any atom is 0.357 e. The largest absolute Gasteiger partial charge is 0.476 e. The molecule has 0 bridgehead atoms. The van der Waals surface area contributed by atoms with Crippen LogP contribution in [0.1, 0.15) is 37.5 Å². The quantitative estimate of drug-likeness (QED) is 0.652. The molecule has 30 heavy (non-hydrogen) atoms. The number of hydrogen-bond donors (Lipinski definition) is 1. The van der Waals surface area contributed by atoms with E-state index in [1.54, 1.807) is 60.7 Å². The van der Waals surface area contributed by atoms with Gasteiger partial charge >= 0.3 is 11.9 Å². The van der Waals surface area contributed by atoms with Crippen LogP contribution in [-0.2, 0) is 4.74 Å². The van der Waals surface area contributed by atoms with Gasteiger partial charge in [0, 0.05) is 5.56 Å². The molecule has 0 amide bonds. The van der Waals surface area contributed by atoms with Crippen molar-refractivity contribution < 1.29 is 19.4 Å². The second kappa shape index (κ2) is 8.67. The van der Waals surface area contributed by atoms with Crippen LogP contribution in [0, 0.1) is 11.3 Å². The number of nitriles is 1. The zero-order valence-corrected chi connectivity index (χ0v) is 15.8. The van der Waals surface area contributed by atoms with E-state index in [1.165, 1.54) is 19.3 Å². The number of aromatic carboxylic acids is 1. The Bertz CT molecular complexity index is 1240. The Morgan fingerprint density at radius 2 is 1.77 bits per heavy atom. The van der Waals surface area contributed by atoms with Gasteiger partial charge in [0.2, 0.25) is 0 Å². The first-order chi connectivity index (χ1) is 14.5. The number of methoxy groups -OCH3 is 1. The van der Waals surface area contributed by atoms with Crippen LogP contribution in [0.2, 0.25) is 0 Å². The standard InChI is InChI=1S/C22H15N3O5/c1-30-22(29)15-10-7-14(8-11-15)9-12-17-18(13-23)20(26)25(24-19(17)21(27)28)16-5-3-2-4-6-16/h2-12H,1H3,(H,27,28)/b12-9-. The van der Waals surface area contributed by atoms with Crippen LogP contribution in [0.15, 0.2) is 59.4 Å². The van der Waals surface area contributed by atoms with Crippen molar-refractivity contribution in [3.05, 3.63) is 92.9 Å². The molecule has 0 aliphatic heterocycles. The summed E-state index contributed by atoms with van der Waals surface area (Å²) in [6, 6.07) is 16.3. The summed E-state index contributed by atoms with van der Waals surface area (Å²) in [4.78, 5) is 36.0. The van der Waals surface area contributed by atoms with Crippen LogP contribution in [0.25, 0.3) is 17.8 Å². The first-order valence-electron chi connectivity index (χ1n) is 8.69. The molecule has 0 unspecified atom stereocenters. The maximum absolute atomic E-state index is 12.8. The average Bonchev–Trinajstić information content (AvgIpc) is 2.77. The Kier molecular flexibility index (Phi) is 5.84. The van der Waals surface area contributed by atoms with E-state index in [2.05, 4.69) is 9.84 Å². The summed E-state index contributed by atoms with van der Waals surface area (Å²) in [5.41, 5.74) is -0.281. The fraction of sp³-hybridized carbons (Fsp3) is 0.0455. The monoisotopic (exact) mass is 401 g/mol. The molecule has 3 rings (SSSR count). The van der Waals surface area contributed by atoms with Gasteiger partial charge in [0.15, 0.2) is 5.69 Å². The number of carboxylic acid groups (broad SMARTS) is 1. The predicted molar refractivity (Wildman–Crippen MR) is 108 cm³/mol. The molecule has 0 fully saturated rings. The third-order valence-corrected chi connectivity index (χ3v) is 4.22. The number of esters is 1. The molecule has 8 nitrogen and oxygen atoms in total. The summed E-state index contributed by atoms with van der Waals surface area (Å²) in [6.45, 7) is 0. The van der Waals surface area contributed by atoms with Crippen LogP contribution >= 0.6 is 0 Å². The minimum atomic E-state index is -1.38. The molecule has 0 atom stereocenters. The highest BCUT2D eigenvalue weighted by atomic mass is 16.5. The molecule has 3 aromatic rings. The van der Waals surface area contributed by atoms with E-state index >= 15 is 0 Å². The molecule has 1 heterocycles. The summed E-state index contributed by atoms with van der Waals surface area (Å²) in [7, 11) is 1.28. The van der Waals surface area contributed by atoms with Crippen molar-refractivity contribution in [2.24, 2.45) is 0 Å². The molecule has 0 saturated heterocycles. The first-order valence-corrected chi connectivity index (χ1v) is 8.69. The molecule has 0 aliphatic carbocycles. The number of nitrogens with zero attached hydrogens (tertiary/aromatic N) is 3. The van der Waals surface area contributed by atoms with Gasteiger partial charge in [0.1, 0.15) is 11.6 Å². The summed E-state index contributed by atoms with van der Waals surface area (Å²) < 4.78 is 5.53. The molecular formula is C22H15N3O5. The van der Waals surface area contributed by atoms with Gasteiger partial charge in [0.25, 0.3) is 5.56 Å². The van der Waals surface area contributed by atoms with Crippen molar-refractivity contribution in [1.82, 2.24) is 9.78 Å². The van der Waals surface area contributed by atoms with Gasteiger partial charge in [-0.15, -0.1) is 0 Å². The van der Waals surface area contributed by atoms with Gasteiger partial charge in [-0.25, -0.2) is 9.59 Å². The lowest BCUT2D eigenvalue weighted by Gasteiger charge is -2.09. The number of carboxylic acids is 1. The lowest BCUT2D eigenvalue weighted by atomic mass is 10.1. The van der Waals surface area contributed by atoms with Crippen molar-refractivity contribution in [2.45, 2.75) is 0 Å². The Balaban J connectivity index is 2.10. The average molecular weight is 401 g/mol. The van der Waals surface area contributed by atoms with Crippen LogP contribution in [0.3, 0.4) is 0 Å². The SMILES string of the molecule is COC(=O)c1ccc(/C=C\c2c(C(=O)O)nn(-c3ccccc3)c(=O)c2C#N)cc1. The molecule has 1 N–H and O–H groups in total. The van der Waals surface area contributed by atoms with Crippen LogP contribution in [0.4, 0.5) is 0 Å². The Morgan fingerprint density at radius 3 is 2.33 bits per heavy atom. The lowest BCUT2D eigenvalue weighted by molar-refractivity contribution is 0.0599. The molecule has 0 radical (unpaired) electrons. The van der Waals surface area contributed by atoms with Gasteiger partial charge in [-0.2, -0.15) is 15.0 Å². The molecule has 0 spiro atoms. The van der Waals surface area contributed by atoms with Crippen molar-refractivity contribution >= 4 is 24.1 Å². The van der Waals surface area contributed by atoms with Crippen LogP contribution in [-0.4, -0.2) is 33.9 Å². The van der Waals surface area contributed by atoms with E-state index in [4.69, 9.17) is 0 Å². The summed E-state index contributed by atoms with van der Waals surface area (Å²) in [5, 5.41) is 23.1. The number of carbonyl (C=O) groups excluding carboxylic acids is 1. The van der Waals surface area contributed by atoms with Gasteiger partial charge in [-0.3, -0.25) is 4.79 Å². The number of aromatic nitrogens is 2. The second-order valence-electron chi connectivity index (χ2n) is 6.05. The van der Waals surface area contributed by atoms with Crippen molar-refractivity contribution in [2.75, 3.05) is 7.11 Å². The number of rotatable bonds is 5. The van der Waals surface area contributed by atoms with E-state index < -0.39 is 23.2 Å². The number of ether oxygens (including phenoxy) is 1. The Morgan fingerprint density at radius 1 is 1.10 bits per heavy atom. The Hall–Kier alpha value is -4.51. The van der Waals surface area contributed by atoms with Crippen molar-refractivity contribution in [1.29, 1.82) is 5.26 Å². The zero-order valence-electron chi connectivity index (χ0n) is 15.8. The van der Waals surface area contributed by atoms with Gasteiger partial charge in [0.05, 0.1) is 18.4 Å². The first kappa shape index (κ1) is 20.2. The number of carbonyl (C=O) groups is 2. The molecule has 1 aromatic heterocycles. The molecular weight excluding hydrogens is 386 g/mol. The number of para-hydroxylation sites is 1. The predicted octanol–water partition coefficient (Wildman–Crippen LogP) is 2.76.